The fraction of sp³-hybridized carbons (Fsp3) is 0.917. The molecule has 1 rings (SSSR count). The summed E-state index contributed by atoms with van der Waals surface area (Å²) in [6.45, 7) is 8.62. The molecule has 4 nitrogen and oxygen atoms in total. The smallest absolute Gasteiger partial charge is 0.249 e. The Labute approximate surface area is 98.1 Å². The van der Waals surface area contributed by atoms with Crippen molar-refractivity contribution in [1.29, 1.82) is 0 Å². The molecule has 1 fully saturated rings. The SMILES string of the molecule is CCC1(C(=O)NOCC(C)C)CCNCC1. The zero-order chi connectivity index (χ0) is 12.0. The fourth-order valence-corrected chi connectivity index (χ4v) is 2.03. The molecule has 0 saturated carbocycles. The van der Waals surface area contributed by atoms with Gasteiger partial charge in [0.15, 0.2) is 0 Å². The van der Waals surface area contributed by atoms with Crippen LogP contribution in [0.3, 0.4) is 0 Å². The predicted octanol–water partition coefficient (Wildman–Crippen LogP) is 1.47. The monoisotopic (exact) mass is 228 g/mol. The lowest BCUT2D eigenvalue weighted by Crippen LogP contribution is -2.47. The van der Waals surface area contributed by atoms with Crippen molar-refractivity contribution in [3.05, 3.63) is 0 Å². The molecule has 1 saturated heterocycles. The molecular weight excluding hydrogens is 204 g/mol. The van der Waals surface area contributed by atoms with Crippen LogP contribution in [-0.4, -0.2) is 25.6 Å². The first kappa shape index (κ1) is 13.5. The number of hydroxylamine groups is 1. The summed E-state index contributed by atoms with van der Waals surface area (Å²) in [7, 11) is 0. The summed E-state index contributed by atoms with van der Waals surface area (Å²) in [5, 5.41) is 3.28. The number of hydrogen-bond acceptors (Lipinski definition) is 3. The summed E-state index contributed by atoms with van der Waals surface area (Å²) in [5.41, 5.74) is 2.39. The molecule has 0 aliphatic carbocycles. The van der Waals surface area contributed by atoms with Gasteiger partial charge in [0.1, 0.15) is 0 Å². The summed E-state index contributed by atoms with van der Waals surface area (Å²) in [4.78, 5) is 17.3. The highest BCUT2D eigenvalue weighted by Crippen LogP contribution is 2.32. The van der Waals surface area contributed by atoms with Crippen molar-refractivity contribution in [2.75, 3.05) is 19.7 Å². The van der Waals surface area contributed by atoms with Gasteiger partial charge in [-0.05, 0) is 38.3 Å². The molecule has 1 aliphatic rings. The van der Waals surface area contributed by atoms with Gasteiger partial charge in [-0.15, -0.1) is 0 Å². The zero-order valence-electron chi connectivity index (χ0n) is 10.6. The average Bonchev–Trinajstić information content (AvgIpc) is 2.29. The molecule has 1 aliphatic heterocycles. The van der Waals surface area contributed by atoms with Crippen LogP contribution >= 0.6 is 0 Å². The van der Waals surface area contributed by atoms with Crippen LogP contribution in [0, 0.1) is 11.3 Å². The first-order valence-corrected chi connectivity index (χ1v) is 6.23. The molecule has 0 spiro atoms. The summed E-state index contributed by atoms with van der Waals surface area (Å²) in [6.07, 6.45) is 2.69. The number of piperidine rings is 1. The highest BCUT2D eigenvalue weighted by atomic mass is 16.7. The van der Waals surface area contributed by atoms with Gasteiger partial charge >= 0.3 is 0 Å². The van der Waals surface area contributed by atoms with Crippen LogP contribution in [0.4, 0.5) is 0 Å². The van der Waals surface area contributed by atoms with Gasteiger partial charge in [0.2, 0.25) is 5.91 Å². The molecule has 0 bridgehead atoms. The third kappa shape index (κ3) is 3.46. The molecule has 0 unspecified atom stereocenters. The van der Waals surface area contributed by atoms with E-state index in [-0.39, 0.29) is 11.3 Å². The van der Waals surface area contributed by atoms with Gasteiger partial charge in [-0.2, -0.15) is 0 Å². The molecule has 0 aromatic heterocycles. The molecule has 16 heavy (non-hydrogen) atoms. The standard InChI is InChI=1S/C12H24N2O2/c1-4-12(5-7-13-8-6-12)11(15)14-16-9-10(2)3/h10,13H,4-9H2,1-3H3,(H,14,15). The topological polar surface area (TPSA) is 50.4 Å². The Morgan fingerprint density at radius 3 is 2.56 bits per heavy atom. The van der Waals surface area contributed by atoms with Crippen LogP contribution < -0.4 is 10.8 Å². The number of hydrogen-bond donors (Lipinski definition) is 2. The molecule has 0 aromatic carbocycles. The molecule has 1 amide bonds. The molecule has 1 heterocycles. The van der Waals surface area contributed by atoms with E-state index in [1.54, 1.807) is 0 Å². The second-order valence-corrected chi connectivity index (χ2v) is 5.02. The largest absolute Gasteiger partial charge is 0.317 e. The molecular formula is C12H24N2O2. The Morgan fingerprint density at radius 1 is 1.44 bits per heavy atom. The molecule has 2 N–H and O–H groups in total. The van der Waals surface area contributed by atoms with Crippen LogP contribution in [0.2, 0.25) is 0 Å². The van der Waals surface area contributed by atoms with E-state index in [9.17, 15) is 4.79 Å². The van der Waals surface area contributed by atoms with Crippen molar-refractivity contribution in [1.82, 2.24) is 10.8 Å². The highest BCUT2D eigenvalue weighted by Gasteiger charge is 2.37. The summed E-state index contributed by atoms with van der Waals surface area (Å²) >= 11 is 0. The lowest BCUT2D eigenvalue weighted by atomic mass is 9.76. The van der Waals surface area contributed by atoms with Crippen molar-refractivity contribution in [2.45, 2.75) is 40.0 Å². The van der Waals surface area contributed by atoms with Crippen molar-refractivity contribution in [3.8, 4) is 0 Å². The minimum atomic E-state index is -0.220. The molecule has 94 valence electrons. The fourth-order valence-electron chi connectivity index (χ4n) is 2.03. The first-order valence-electron chi connectivity index (χ1n) is 6.23. The zero-order valence-corrected chi connectivity index (χ0v) is 10.6. The minimum Gasteiger partial charge on any atom is -0.317 e. The maximum atomic E-state index is 12.1. The number of rotatable bonds is 5. The number of carbonyl (C=O) groups is 1. The lowest BCUT2D eigenvalue weighted by Gasteiger charge is -2.35. The Morgan fingerprint density at radius 2 is 2.06 bits per heavy atom. The summed E-state index contributed by atoms with van der Waals surface area (Å²) in [5.74, 6) is 0.489. The van der Waals surface area contributed by atoms with E-state index >= 15 is 0 Å². The quantitative estimate of drug-likeness (QED) is 0.701. The second-order valence-electron chi connectivity index (χ2n) is 5.02. The maximum absolute atomic E-state index is 12.1. The van der Waals surface area contributed by atoms with Gasteiger partial charge in [-0.3, -0.25) is 9.63 Å². The van der Waals surface area contributed by atoms with E-state index in [0.717, 1.165) is 32.4 Å². The third-order valence-electron chi connectivity index (χ3n) is 3.30. The van der Waals surface area contributed by atoms with E-state index in [1.807, 2.05) is 0 Å². The van der Waals surface area contributed by atoms with Gasteiger partial charge in [-0.1, -0.05) is 20.8 Å². The van der Waals surface area contributed by atoms with Crippen LogP contribution in [0.25, 0.3) is 0 Å². The van der Waals surface area contributed by atoms with E-state index in [4.69, 9.17) is 4.84 Å². The Bertz CT molecular complexity index is 223. The summed E-state index contributed by atoms with van der Waals surface area (Å²) < 4.78 is 0. The van der Waals surface area contributed by atoms with Crippen LogP contribution in [0.1, 0.15) is 40.0 Å². The van der Waals surface area contributed by atoms with Crippen LogP contribution in [-0.2, 0) is 9.63 Å². The Hall–Kier alpha value is -0.610. The molecule has 0 radical (unpaired) electrons. The second kappa shape index (κ2) is 6.21. The predicted molar refractivity (Wildman–Crippen MR) is 63.8 cm³/mol. The van der Waals surface area contributed by atoms with Crippen molar-refractivity contribution in [2.24, 2.45) is 11.3 Å². The molecule has 0 atom stereocenters. The van der Waals surface area contributed by atoms with Gasteiger partial charge in [0.25, 0.3) is 0 Å². The van der Waals surface area contributed by atoms with Crippen molar-refractivity contribution in [3.63, 3.8) is 0 Å². The van der Waals surface area contributed by atoms with E-state index in [0.29, 0.717) is 12.5 Å². The Balaban J connectivity index is 2.42. The van der Waals surface area contributed by atoms with Gasteiger partial charge < -0.3 is 5.32 Å². The van der Waals surface area contributed by atoms with E-state index < -0.39 is 0 Å². The van der Waals surface area contributed by atoms with Gasteiger partial charge in [0, 0.05) is 0 Å². The van der Waals surface area contributed by atoms with E-state index in [1.165, 1.54) is 0 Å². The lowest BCUT2D eigenvalue weighted by molar-refractivity contribution is -0.147. The number of carbonyl (C=O) groups excluding carboxylic acids is 1. The summed E-state index contributed by atoms with van der Waals surface area (Å²) in [6, 6.07) is 0. The van der Waals surface area contributed by atoms with Gasteiger partial charge in [-0.25, -0.2) is 5.48 Å². The Kier molecular flexibility index (Phi) is 5.22. The average molecular weight is 228 g/mol. The minimum absolute atomic E-state index is 0.0529. The number of amides is 1. The van der Waals surface area contributed by atoms with Crippen LogP contribution in [0.15, 0.2) is 0 Å². The van der Waals surface area contributed by atoms with Crippen LogP contribution in [0.5, 0.6) is 0 Å². The van der Waals surface area contributed by atoms with E-state index in [2.05, 4.69) is 31.6 Å². The first-order chi connectivity index (χ1) is 7.60. The number of nitrogens with one attached hydrogen (secondary N) is 2. The maximum Gasteiger partial charge on any atom is 0.249 e. The molecule has 4 heteroatoms. The van der Waals surface area contributed by atoms with Crippen molar-refractivity contribution < 1.29 is 9.63 Å². The molecule has 0 aromatic rings. The van der Waals surface area contributed by atoms with Gasteiger partial charge in [0.05, 0.1) is 12.0 Å². The third-order valence-corrected chi connectivity index (χ3v) is 3.30. The highest BCUT2D eigenvalue weighted by molar-refractivity contribution is 5.81. The van der Waals surface area contributed by atoms with Crippen molar-refractivity contribution >= 4 is 5.91 Å². The normalized spacial score (nSPS) is 19.8.